The molecule has 0 aliphatic rings. The fourth-order valence-corrected chi connectivity index (χ4v) is 6.24. The Morgan fingerprint density at radius 3 is 2.45 bits per heavy atom. The number of carbonyl (C=O) groups excluding carboxylic acids is 1. The zero-order valence-electron chi connectivity index (χ0n) is 22.3. The van der Waals surface area contributed by atoms with Crippen molar-refractivity contribution in [1.82, 2.24) is 10.3 Å². The number of ketones is 1. The normalized spacial score (nSPS) is 11.3. The summed E-state index contributed by atoms with van der Waals surface area (Å²) in [6.07, 6.45) is 0. The van der Waals surface area contributed by atoms with Crippen LogP contribution in [0.2, 0.25) is 0 Å². The van der Waals surface area contributed by atoms with E-state index < -0.39 is 11.7 Å². The van der Waals surface area contributed by atoms with E-state index in [-0.39, 0.29) is 16.3 Å². The predicted molar refractivity (Wildman–Crippen MR) is 162 cm³/mol. The Hall–Kier alpha value is -5.54. The molecule has 0 fully saturated rings. The van der Waals surface area contributed by atoms with Gasteiger partial charge in [0, 0.05) is 27.8 Å². The summed E-state index contributed by atoms with van der Waals surface area (Å²) in [6.45, 7) is 0. The van der Waals surface area contributed by atoms with E-state index in [1.54, 1.807) is 31.4 Å². The Balaban J connectivity index is 1.46. The summed E-state index contributed by atoms with van der Waals surface area (Å²) in [7, 11) is 1.62. The van der Waals surface area contributed by atoms with Crippen LogP contribution in [0.1, 0.15) is 15.4 Å². The Labute approximate surface area is 243 Å². The minimum absolute atomic E-state index is 0.125. The average molecular weight is 572 g/mol. The molecule has 42 heavy (non-hydrogen) atoms. The second-order valence-electron chi connectivity index (χ2n) is 9.64. The number of hydrogen-bond donors (Lipinski definition) is 2. The Kier molecular flexibility index (Phi) is 6.14. The summed E-state index contributed by atoms with van der Waals surface area (Å²) in [5, 5.41) is 17.2. The number of nitrogen functional groups attached to an aromatic ring is 1. The highest BCUT2D eigenvalue weighted by atomic mass is 32.1. The fraction of sp³-hybridized carbons (Fsp3) is 0.0303. The number of carbonyl (C=O) groups is 1. The largest absolute Gasteiger partial charge is 0.497 e. The minimum Gasteiger partial charge on any atom is -0.497 e. The fourth-order valence-electron chi connectivity index (χ4n) is 5.18. The maximum Gasteiger partial charge on any atom is 0.393 e. The lowest BCUT2D eigenvalue weighted by molar-refractivity contribution is -0.672. The molecule has 3 N–H and O–H groups in total. The lowest BCUT2D eigenvalue weighted by Gasteiger charge is -2.11. The molecular weight excluding hydrogens is 548 g/mol. The predicted octanol–water partition coefficient (Wildman–Crippen LogP) is 6.58. The van der Waals surface area contributed by atoms with Gasteiger partial charge in [0.25, 0.3) is 5.78 Å². The van der Waals surface area contributed by atoms with Gasteiger partial charge in [-0.25, -0.2) is 4.98 Å². The van der Waals surface area contributed by atoms with Crippen molar-refractivity contribution in [2.45, 2.75) is 0 Å². The van der Waals surface area contributed by atoms with Crippen LogP contribution < -0.4 is 15.2 Å². The summed E-state index contributed by atoms with van der Waals surface area (Å²) in [4.78, 5) is 19.8. The van der Waals surface area contributed by atoms with Crippen molar-refractivity contribution >= 4 is 43.8 Å². The van der Waals surface area contributed by atoms with Crippen LogP contribution in [0, 0.1) is 0 Å². The molecule has 7 rings (SSSR count). The van der Waals surface area contributed by atoms with Crippen molar-refractivity contribution in [3.8, 4) is 39.8 Å². The number of pyridine rings is 1. The average Bonchev–Trinajstić information content (AvgIpc) is 3.60. The highest BCUT2D eigenvalue weighted by Gasteiger charge is 2.37. The SMILES string of the molecule is COc1ccc(-c2cc(-c3cccc4ccccc34)nc3sc(C(=O)c4c(O)on[n+]4-c4ccccc4)c(N)c23)cc1. The number of para-hydroxylation sites is 1. The first-order chi connectivity index (χ1) is 20.5. The molecule has 3 heterocycles. The minimum atomic E-state index is -0.597. The van der Waals surface area contributed by atoms with Gasteiger partial charge in [-0.05, 0) is 40.1 Å². The summed E-state index contributed by atoms with van der Waals surface area (Å²) in [5.41, 5.74) is 10.9. The van der Waals surface area contributed by atoms with E-state index in [9.17, 15) is 9.90 Å². The molecule has 204 valence electrons. The second-order valence-corrected chi connectivity index (χ2v) is 10.6. The van der Waals surface area contributed by atoms with Gasteiger partial charge in [0.15, 0.2) is 0 Å². The van der Waals surface area contributed by atoms with E-state index in [2.05, 4.69) is 23.5 Å². The number of nitrogens with two attached hydrogens (primary N) is 1. The van der Waals surface area contributed by atoms with Gasteiger partial charge >= 0.3 is 11.6 Å². The molecule has 7 aromatic rings. The molecule has 0 atom stereocenters. The smallest absolute Gasteiger partial charge is 0.393 e. The van der Waals surface area contributed by atoms with Gasteiger partial charge in [0.1, 0.15) is 15.5 Å². The highest BCUT2D eigenvalue weighted by molar-refractivity contribution is 7.21. The molecule has 0 saturated heterocycles. The van der Waals surface area contributed by atoms with Gasteiger partial charge in [0.2, 0.25) is 11.0 Å². The van der Waals surface area contributed by atoms with Crippen LogP contribution in [0.4, 0.5) is 5.69 Å². The lowest BCUT2D eigenvalue weighted by Crippen LogP contribution is -2.38. The third kappa shape index (κ3) is 4.15. The molecule has 0 aliphatic heterocycles. The summed E-state index contributed by atoms with van der Waals surface area (Å²) in [5.74, 6) is -0.396. The molecule has 4 aromatic carbocycles. The first-order valence-corrected chi connectivity index (χ1v) is 13.9. The van der Waals surface area contributed by atoms with E-state index >= 15 is 0 Å². The maximum atomic E-state index is 14.0. The Bertz CT molecular complexity index is 2110. The Morgan fingerprint density at radius 2 is 1.67 bits per heavy atom. The summed E-state index contributed by atoms with van der Waals surface area (Å²) in [6, 6.07) is 32.9. The molecule has 0 radical (unpaired) electrons. The number of fused-ring (bicyclic) bond motifs is 2. The van der Waals surface area contributed by atoms with Crippen molar-refractivity contribution in [2.75, 3.05) is 12.8 Å². The van der Waals surface area contributed by atoms with Gasteiger partial charge in [-0.2, -0.15) is 0 Å². The number of methoxy groups -OCH3 is 1. The van der Waals surface area contributed by atoms with E-state index in [0.29, 0.717) is 15.9 Å². The van der Waals surface area contributed by atoms with E-state index in [4.69, 9.17) is 20.0 Å². The van der Waals surface area contributed by atoms with Gasteiger partial charge < -0.3 is 15.6 Å². The molecule has 9 heteroatoms. The number of ether oxygens (including phenoxy) is 1. The third-order valence-electron chi connectivity index (χ3n) is 7.21. The topological polar surface area (TPSA) is 115 Å². The summed E-state index contributed by atoms with van der Waals surface area (Å²) >= 11 is 1.17. The monoisotopic (exact) mass is 571 g/mol. The van der Waals surface area contributed by atoms with Crippen LogP contribution in [-0.2, 0) is 0 Å². The van der Waals surface area contributed by atoms with Crippen LogP contribution in [-0.4, -0.2) is 28.3 Å². The van der Waals surface area contributed by atoms with Crippen LogP contribution in [0.3, 0.4) is 0 Å². The zero-order chi connectivity index (χ0) is 28.8. The molecule has 0 amide bonds. The number of aromatic nitrogens is 3. The molecule has 0 saturated carbocycles. The van der Waals surface area contributed by atoms with Crippen LogP contribution >= 0.6 is 11.3 Å². The van der Waals surface area contributed by atoms with E-state index in [1.807, 2.05) is 60.7 Å². The first-order valence-electron chi connectivity index (χ1n) is 13.1. The van der Waals surface area contributed by atoms with E-state index in [1.165, 1.54) is 16.0 Å². The van der Waals surface area contributed by atoms with Crippen LogP contribution in [0.25, 0.3) is 49.1 Å². The molecular formula is C33H23N4O4S+. The standard InChI is InChI=1S/C33H22N4O4S/c1-40-22-16-14-20(15-17-22)25-18-26(24-13-7-9-19-8-5-6-12-23(19)24)35-32-27(25)28(34)31(42-32)30(38)29-33(39)41-36-37(29)21-10-3-2-4-11-21/h2-18H,1H3,(H2-,34,36,38,39)/p+1. The number of nitrogens with zero attached hydrogens (tertiary/aromatic N) is 3. The molecule has 0 spiro atoms. The van der Waals surface area contributed by atoms with Gasteiger partial charge in [-0.3, -0.25) is 9.32 Å². The third-order valence-corrected chi connectivity index (χ3v) is 8.31. The highest BCUT2D eigenvalue weighted by Crippen LogP contribution is 2.43. The lowest BCUT2D eigenvalue weighted by atomic mass is 9.97. The zero-order valence-corrected chi connectivity index (χ0v) is 23.1. The number of anilines is 1. The molecule has 8 nitrogen and oxygen atoms in total. The van der Waals surface area contributed by atoms with Crippen molar-refractivity contribution in [3.63, 3.8) is 0 Å². The molecule has 0 bridgehead atoms. The van der Waals surface area contributed by atoms with E-state index in [0.717, 1.165) is 38.9 Å². The van der Waals surface area contributed by atoms with Gasteiger partial charge in [-0.1, -0.05) is 72.8 Å². The van der Waals surface area contributed by atoms with Crippen molar-refractivity contribution < 1.29 is 23.8 Å². The maximum absolute atomic E-state index is 14.0. The van der Waals surface area contributed by atoms with Crippen LogP contribution in [0.15, 0.2) is 108 Å². The molecule has 0 aliphatic carbocycles. The quantitative estimate of drug-likeness (QED) is 0.171. The molecule has 3 aromatic heterocycles. The number of aromatic hydroxyl groups is 1. The van der Waals surface area contributed by atoms with Crippen molar-refractivity contribution in [2.24, 2.45) is 0 Å². The second kappa shape index (κ2) is 10.1. The summed E-state index contributed by atoms with van der Waals surface area (Å²) < 4.78 is 11.7. The van der Waals surface area contributed by atoms with Crippen molar-refractivity contribution in [1.29, 1.82) is 0 Å². The first kappa shape index (κ1) is 25.4. The van der Waals surface area contributed by atoms with Gasteiger partial charge in [0.05, 0.1) is 18.5 Å². The molecule has 0 unspecified atom stereocenters. The number of hydrogen-bond acceptors (Lipinski definition) is 8. The number of thiophene rings is 1. The number of benzene rings is 4. The van der Waals surface area contributed by atoms with Gasteiger partial charge in [-0.15, -0.1) is 11.3 Å². The Morgan fingerprint density at radius 1 is 0.929 bits per heavy atom. The van der Waals surface area contributed by atoms with Crippen molar-refractivity contribution in [3.05, 3.63) is 114 Å². The number of rotatable bonds is 6. The van der Waals surface area contributed by atoms with Crippen LogP contribution in [0.5, 0.6) is 11.7 Å².